The van der Waals surface area contributed by atoms with Crippen LogP contribution in [0.25, 0.3) is 0 Å². The second kappa shape index (κ2) is 7.17. The maximum absolute atomic E-state index is 12.1. The van der Waals surface area contributed by atoms with E-state index in [4.69, 9.17) is 9.47 Å². The Labute approximate surface area is 120 Å². The number of benzene rings is 1. The van der Waals surface area contributed by atoms with Crippen molar-refractivity contribution in [3.63, 3.8) is 0 Å². The normalized spacial score (nSPS) is 23.1. The predicted molar refractivity (Wildman–Crippen MR) is 77.1 cm³/mol. The lowest BCUT2D eigenvalue weighted by Gasteiger charge is -2.17. The Morgan fingerprint density at radius 3 is 2.75 bits per heavy atom. The van der Waals surface area contributed by atoms with Crippen LogP contribution in [0.2, 0.25) is 0 Å². The summed E-state index contributed by atoms with van der Waals surface area (Å²) >= 11 is 0. The van der Waals surface area contributed by atoms with Gasteiger partial charge in [0.05, 0.1) is 13.2 Å². The first-order valence-electron chi connectivity index (χ1n) is 6.76. The van der Waals surface area contributed by atoms with Gasteiger partial charge in [-0.05, 0) is 18.4 Å². The number of methoxy groups -OCH3 is 1. The van der Waals surface area contributed by atoms with Crippen molar-refractivity contribution in [2.45, 2.75) is 24.2 Å². The smallest absolute Gasteiger partial charge is 0.219 e. The lowest BCUT2D eigenvalue weighted by Crippen LogP contribution is -2.42. The molecule has 0 aromatic heterocycles. The Hall–Kier alpha value is -0.950. The van der Waals surface area contributed by atoms with Crippen LogP contribution < -0.4 is 4.72 Å². The molecule has 0 amide bonds. The summed E-state index contributed by atoms with van der Waals surface area (Å²) in [6.07, 6.45) is 1.26. The minimum absolute atomic E-state index is 0.201. The van der Waals surface area contributed by atoms with E-state index < -0.39 is 15.3 Å². The topological polar surface area (TPSA) is 64.6 Å². The highest BCUT2D eigenvalue weighted by atomic mass is 32.2. The Bertz CT molecular complexity index is 503. The summed E-state index contributed by atoms with van der Waals surface area (Å²) in [7, 11) is -1.86. The Kier molecular flexibility index (Phi) is 5.54. The van der Waals surface area contributed by atoms with E-state index in [9.17, 15) is 8.42 Å². The van der Waals surface area contributed by atoms with Gasteiger partial charge in [0, 0.05) is 13.7 Å². The van der Waals surface area contributed by atoms with Crippen LogP contribution in [0.1, 0.15) is 12.0 Å². The standard InChI is InChI=1S/C14H21NO4S/c1-18-13-10-19-11-14(13)20(16,17)15-9-5-8-12-6-3-2-4-7-12/h2-4,6-7,13-15H,5,8-11H2,1H3. The first-order valence-corrected chi connectivity index (χ1v) is 8.31. The molecule has 1 fully saturated rings. The number of hydrogen-bond donors (Lipinski definition) is 1. The molecule has 0 radical (unpaired) electrons. The molecule has 2 unspecified atom stereocenters. The van der Waals surface area contributed by atoms with Gasteiger partial charge in [-0.3, -0.25) is 0 Å². The van der Waals surface area contributed by atoms with Crippen LogP contribution in [0, 0.1) is 0 Å². The van der Waals surface area contributed by atoms with Gasteiger partial charge in [-0.2, -0.15) is 0 Å². The number of ether oxygens (including phenoxy) is 2. The van der Waals surface area contributed by atoms with Crippen molar-refractivity contribution in [3.05, 3.63) is 35.9 Å². The van der Waals surface area contributed by atoms with Crippen molar-refractivity contribution in [1.82, 2.24) is 4.72 Å². The third-order valence-corrected chi connectivity index (χ3v) is 5.31. The van der Waals surface area contributed by atoms with Crippen molar-refractivity contribution in [2.24, 2.45) is 0 Å². The van der Waals surface area contributed by atoms with E-state index in [0.717, 1.165) is 12.8 Å². The monoisotopic (exact) mass is 299 g/mol. The summed E-state index contributed by atoms with van der Waals surface area (Å²) in [6, 6.07) is 10.0. The molecule has 0 saturated carbocycles. The largest absolute Gasteiger partial charge is 0.378 e. The van der Waals surface area contributed by atoms with Crippen LogP contribution in [0.5, 0.6) is 0 Å². The number of rotatable bonds is 7. The molecule has 0 bridgehead atoms. The summed E-state index contributed by atoms with van der Waals surface area (Å²) in [5.41, 5.74) is 1.21. The summed E-state index contributed by atoms with van der Waals surface area (Å²) in [5.74, 6) is 0. The third-order valence-electron chi connectivity index (χ3n) is 3.47. The molecule has 1 aliphatic rings. The molecule has 5 nitrogen and oxygen atoms in total. The first kappa shape index (κ1) is 15.4. The minimum atomic E-state index is -3.38. The quantitative estimate of drug-likeness (QED) is 0.762. The fourth-order valence-electron chi connectivity index (χ4n) is 2.28. The van der Waals surface area contributed by atoms with Crippen molar-refractivity contribution >= 4 is 10.0 Å². The van der Waals surface area contributed by atoms with E-state index in [-0.39, 0.29) is 12.7 Å². The van der Waals surface area contributed by atoms with Crippen LogP contribution >= 0.6 is 0 Å². The van der Waals surface area contributed by atoms with E-state index in [2.05, 4.69) is 4.72 Å². The van der Waals surface area contributed by atoms with E-state index in [1.165, 1.54) is 12.7 Å². The van der Waals surface area contributed by atoms with Gasteiger partial charge < -0.3 is 9.47 Å². The van der Waals surface area contributed by atoms with Crippen LogP contribution in [0.15, 0.2) is 30.3 Å². The lowest BCUT2D eigenvalue weighted by atomic mass is 10.1. The first-order chi connectivity index (χ1) is 9.63. The molecule has 2 atom stereocenters. The third kappa shape index (κ3) is 4.02. The molecule has 1 N–H and O–H groups in total. The Balaban J connectivity index is 1.78. The van der Waals surface area contributed by atoms with Crippen molar-refractivity contribution in [1.29, 1.82) is 0 Å². The van der Waals surface area contributed by atoms with Gasteiger partial charge in [0.15, 0.2) is 0 Å². The van der Waals surface area contributed by atoms with Crippen molar-refractivity contribution in [3.8, 4) is 0 Å². The number of aryl methyl sites for hydroxylation is 1. The average Bonchev–Trinajstić information content (AvgIpc) is 2.94. The summed E-state index contributed by atoms with van der Waals surface area (Å²) in [6.45, 7) is 0.975. The maximum atomic E-state index is 12.1. The van der Waals surface area contributed by atoms with Gasteiger partial charge in [-0.1, -0.05) is 30.3 Å². The van der Waals surface area contributed by atoms with E-state index in [0.29, 0.717) is 13.2 Å². The van der Waals surface area contributed by atoms with E-state index in [1.807, 2.05) is 30.3 Å². The van der Waals surface area contributed by atoms with Crippen LogP contribution in [-0.4, -0.2) is 46.6 Å². The highest BCUT2D eigenvalue weighted by molar-refractivity contribution is 7.90. The van der Waals surface area contributed by atoms with E-state index in [1.54, 1.807) is 0 Å². The van der Waals surface area contributed by atoms with Crippen molar-refractivity contribution in [2.75, 3.05) is 26.9 Å². The second-order valence-electron chi connectivity index (χ2n) is 4.88. The van der Waals surface area contributed by atoms with Gasteiger partial charge in [-0.15, -0.1) is 0 Å². The van der Waals surface area contributed by atoms with Crippen molar-refractivity contribution < 1.29 is 17.9 Å². The second-order valence-corrected chi connectivity index (χ2v) is 6.86. The molecule has 0 aliphatic carbocycles. The highest BCUT2D eigenvalue weighted by Gasteiger charge is 2.38. The lowest BCUT2D eigenvalue weighted by molar-refractivity contribution is 0.0828. The molecule has 20 heavy (non-hydrogen) atoms. The molecule has 112 valence electrons. The molecule has 1 saturated heterocycles. The zero-order valence-corrected chi connectivity index (χ0v) is 12.4. The molecule has 2 rings (SSSR count). The van der Waals surface area contributed by atoms with E-state index >= 15 is 0 Å². The zero-order chi connectivity index (χ0) is 14.4. The number of nitrogens with one attached hydrogen (secondary N) is 1. The fourth-order valence-corrected chi connectivity index (χ4v) is 3.79. The molecular formula is C14H21NO4S. The highest BCUT2D eigenvalue weighted by Crippen LogP contribution is 2.16. The average molecular weight is 299 g/mol. The van der Waals surface area contributed by atoms with Crippen LogP contribution in [-0.2, 0) is 25.9 Å². The summed E-state index contributed by atoms with van der Waals surface area (Å²) in [5, 5.41) is -0.607. The molecule has 0 spiro atoms. The summed E-state index contributed by atoms with van der Waals surface area (Å²) in [4.78, 5) is 0. The number of hydrogen-bond acceptors (Lipinski definition) is 4. The number of sulfonamides is 1. The van der Waals surface area contributed by atoms with Gasteiger partial charge in [0.1, 0.15) is 11.4 Å². The molecule has 1 aromatic carbocycles. The molecule has 1 heterocycles. The van der Waals surface area contributed by atoms with Crippen LogP contribution in [0.4, 0.5) is 0 Å². The van der Waals surface area contributed by atoms with Gasteiger partial charge in [0.25, 0.3) is 0 Å². The molecular weight excluding hydrogens is 278 g/mol. The summed E-state index contributed by atoms with van der Waals surface area (Å²) < 4.78 is 37.3. The van der Waals surface area contributed by atoms with Gasteiger partial charge in [0.2, 0.25) is 10.0 Å². The van der Waals surface area contributed by atoms with Crippen LogP contribution in [0.3, 0.4) is 0 Å². The van der Waals surface area contributed by atoms with Gasteiger partial charge >= 0.3 is 0 Å². The van der Waals surface area contributed by atoms with Gasteiger partial charge in [-0.25, -0.2) is 13.1 Å². The molecule has 6 heteroatoms. The minimum Gasteiger partial charge on any atom is -0.378 e. The predicted octanol–water partition coefficient (Wildman–Crippen LogP) is 0.952. The Morgan fingerprint density at radius 2 is 2.05 bits per heavy atom. The fraction of sp³-hybridized carbons (Fsp3) is 0.571. The zero-order valence-electron chi connectivity index (χ0n) is 11.6. The Morgan fingerprint density at radius 1 is 1.30 bits per heavy atom. The SMILES string of the molecule is COC1COCC1S(=O)(=O)NCCCc1ccccc1. The molecule has 1 aliphatic heterocycles. The maximum Gasteiger partial charge on any atom is 0.219 e. The molecule has 1 aromatic rings.